The van der Waals surface area contributed by atoms with E-state index in [2.05, 4.69) is 10.6 Å². The third-order valence-corrected chi connectivity index (χ3v) is 3.61. The molecule has 0 aromatic carbocycles. The molecule has 1 rings (SSSR count). The van der Waals surface area contributed by atoms with Crippen LogP contribution in [0.25, 0.3) is 0 Å². The molecule has 0 aliphatic carbocycles. The zero-order valence-electron chi connectivity index (χ0n) is 13.4. The fraction of sp³-hybridized carbons (Fsp3) is 0.857. The lowest BCUT2D eigenvalue weighted by Gasteiger charge is -2.42. The number of hydrogen-bond donors (Lipinski definition) is 5. The largest absolute Gasteiger partial charge is 0.394 e. The maximum Gasteiger partial charge on any atom is 0.219 e. The van der Waals surface area contributed by atoms with Crippen LogP contribution < -0.4 is 10.6 Å². The van der Waals surface area contributed by atoms with E-state index in [1.165, 1.54) is 6.92 Å². The standard InChI is InChI=1S/C14H26N2O7/c1-8(18)16-11-13(21)12(20)9(7-17)23-14(11)22-6-4-3-5-10(19)15-2/h9,11-14,17,20-21H,3-7H2,1-2H3,(H,15,19)(H,16,18). The fourth-order valence-electron chi connectivity index (χ4n) is 2.32. The van der Waals surface area contributed by atoms with Crippen molar-refractivity contribution < 1.29 is 34.4 Å². The summed E-state index contributed by atoms with van der Waals surface area (Å²) in [6.07, 6.45) is -3.05. The normalized spacial score (nSPS) is 30.7. The molecule has 5 atom stereocenters. The SMILES string of the molecule is CNC(=O)CCCCOC1OC(CO)C(O)C(O)C1NC(C)=O. The molecule has 9 nitrogen and oxygen atoms in total. The predicted octanol–water partition coefficient (Wildman–Crippen LogP) is -2.14. The Hall–Kier alpha value is -1.26. The van der Waals surface area contributed by atoms with Crippen LogP contribution >= 0.6 is 0 Å². The Labute approximate surface area is 135 Å². The van der Waals surface area contributed by atoms with Gasteiger partial charge in [0.25, 0.3) is 0 Å². The van der Waals surface area contributed by atoms with Gasteiger partial charge in [0.1, 0.15) is 24.4 Å². The maximum absolute atomic E-state index is 11.2. The van der Waals surface area contributed by atoms with Crippen LogP contribution in [0.15, 0.2) is 0 Å². The first-order valence-corrected chi connectivity index (χ1v) is 7.62. The highest BCUT2D eigenvalue weighted by Gasteiger charge is 2.45. The van der Waals surface area contributed by atoms with E-state index in [0.29, 0.717) is 19.3 Å². The molecule has 0 bridgehead atoms. The van der Waals surface area contributed by atoms with Gasteiger partial charge >= 0.3 is 0 Å². The fourth-order valence-corrected chi connectivity index (χ4v) is 2.32. The second kappa shape index (κ2) is 9.78. The lowest BCUT2D eigenvalue weighted by atomic mass is 9.97. The Morgan fingerprint density at radius 3 is 2.48 bits per heavy atom. The Balaban J connectivity index is 2.53. The molecule has 1 fully saturated rings. The molecule has 134 valence electrons. The van der Waals surface area contributed by atoms with Gasteiger partial charge in [-0.25, -0.2) is 0 Å². The minimum atomic E-state index is -1.33. The van der Waals surface area contributed by atoms with E-state index >= 15 is 0 Å². The molecule has 1 aliphatic heterocycles. The van der Waals surface area contributed by atoms with E-state index in [1.54, 1.807) is 7.05 Å². The van der Waals surface area contributed by atoms with Crippen LogP contribution in [-0.2, 0) is 19.1 Å². The van der Waals surface area contributed by atoms with Crippen LogP contribution in [0, 0.1) is 0 Å². The third-order valence-electron chi connectivity index (χ3n) is 3.61. The van der Waals surface area contributed by atoms with Crippen LogP contribution in [-0.4, -0.2) is 78.0 Å². The number of aliphatic hydroxyl groups excluding tert-OH is 3. The highest BCUT2D eigenvalue weighted by atomic mass is 16.7. The summed E-state index contributed by atoms with van der Waals surface area (Å²) < 4.78 is 10.9. The number of ether oxygens (including phenoxy) is 2. The Bertz CT molecular complexity index is 393. The molecule has 1 saturated heterocycles. The van der Waals surface area contributed by atoms with Gasteiger partial charge < -0.3 is 35.4 Å². The zero-order chi connectivity index (χ0) is 17.4. The number of nitrogens with one attached hydrogen (secondary N) is 2. The van der Waals surface area contributed by atoms with Crippen molar-refractivity contribution in [2.45, 2.75) is 56.8 Å². The monoisotopic (exact) mass is 334 g/mol. The van der Waals surface area contributed by atoms with E-state index in [9.17, 15) is 24.9 Å². The van der Waals surface area contributed by atoms with Crippen LogP contribution in [0.2, 0.25) is 0 Å². The summed E-state index contributed by atoms with van der Waals surface area (Å²) in [5, 5.41) is 34.1. The average Bonchev–Trinajstić information content (AvgIpc) is 2.52. The molecule has 0 aromatic rings. The molecule has 5 N–H and O–H groups in total. The van der Waals surface area contributed by atoms with Gasteiger partial charge in [0.15, 0.2) is 6.29 Å². The molecule has 0 saturated carbocycles. The summed E-state index contributed by atoms with van der Waals surface area (Å²) in [7, 11) is 1.56. The van der Waals surface area contributed by atoms with Crippen molar-refractivity contribution in [2.75, 3.05) is 20.3 Å². The van der Waals surface area contributed by atoms with E-state index < -0.39 is 43.2 Å². The number of unbranched alkanes of at least 4 members (excludes halogenated alkanes) is 1. The van der Waals surface area contributed by atoms with Gasteiger partial charge in [0, 0.05) is 27.0 Å². The minimum Gasteiger partial charge on any atom is -0.394 e. The highest BCUT2D eigenvalue weighted by molar-refractivity contribution is 5.75. The van der Waals surface area contributed by atoms with Gasteiger partial charge in [-0.05, 0) is 12.8 Å². The second-order valence-corrected chi connectivity index (χ2v) is 5.43. The number of hydrogen-bond acceptors (Lipinski definition) is 7. The summed E-state index contributed by atoms with van der Waals surface area (Å²) in [5.41, 5.74) is 0. The summed E-state index contributed by atoms with van der Waals surface area (Å²) in [6.45, 7) is 1.04. The van der Waals surface area contributed by atoms with Gasteiger partial charge in [-0.15, -0.1) is 0 Å². The first-order chi connectivity index (χ1) is 10.9. The van der Waals surface area contributed by atoms with Gasteiger partial charge in [-0.3, -0.25) is 9.59 Å². The Morgan fingerprint density at radius 1 is 1.22 bits per heavy atom. The zero-order valence-corrected chi connectivity index (χ0v) is 13.4. The van der Waals surface area contributed by atoms with Crippen molar-refractivity contribution in [3.8, 4) is 0 Å². The summed E-state index contributed by atoms with van der Waals surface area (Å²) in [4.78, 5) is 22.3. The molecule has 1 heterocycles. The third kappa shape index (κ3) is 6.04. The lowest BCUT2D eigenvalue weighted by Crippen LogP contribution is -2.64. The van der Waals surface area contributed by atoms with Crippen molar-refractivity contribution in [3.63, 3.8) is 0 Å². The summed E-state index contributed by atoms with van der Waals surface area (Å²) in [5.74, 6) is -0.463. The molecule has 2 amide bonds. The van der Waals surface area contributed by atoms with Crippen LogP contribution in [0.1, 0.15) is 26.2 Å². The smallest absolute Gasteiger partial charge is 0.219 e. The number of aliphatic hydroxyl groups is 3. The predicted molar refractivity (Wildman–Crippen MR) is 79.2 cm³/mol. The lowest BCUT2D eigenvalue weighted by molar-refractivity contribution is -0.270. The second-order valence-electron chi connectivity index (χ2n) is 5.43. The molecule has 0 spiro atoms. The van der Waals surface area contributed by atoms with Crippen molar-refractivity contribution in [3.05, 3.63) is 0 Å². The summed E-state index contributed by atoms with van der Waals surface area (Å²) in [6, 6.07) is -0.941. The maximum atomic E-state index is 11.2. The number of rotatable bonds is 8. The number of carbonyl (C=O) groups is 2. The molecule has 0 aromatic heterocycles. The van der Waals surface area contributed by atoms with Crippen LogP contribution in [0.3, 0.4) is 0 Å². The van der Waals surface area contributed by atoms with Crippen molar-refractivity contribution >= 4 is 11.8 Å². The van der Waals surface area contributed by atoms with E-state index in [1.807, 2.05) is 0 Å². The van der Waals surface area contributed by atoms with Gasteiger partial charge in [-0.2, -0.15) is 0 Å². The van der Waals surface area contributed by atoms with Gasteiger partial charge in [0.2, 0.25) is 11.8 Å². The molecule has 9 heteroatoms. The first-order valence-electron chi connectivity index (χ1n) is 7.62. The Morgan fingerprint density at radius 2 is 1.91 bits per heavy atom. The van der Waals surface area contributed by atoms with Gasteiger partial charge in [0.05, 0.1) is 6.61 Å². The van der Waals surface area contributed by atoms with E-state index in [0.717, 1.165) is 0 Å². The van der Waals surface area contributed by atoms with Crippen LogP contribution in [0.5, 0.6) is 0 Å². The number of amides is 2. The molecule has 23 heavy (non-hydrogen) atoms. The van der Waals surface area contributed by atoms with Gasteiger partial charge in [-0.1, -0.05) is 0 Å². The van der Waals surface area contributed by atoms with Crippen molar-refractivity contribution in [2.24, 2.45) is 0 Å². The van der Waals surface area contributed by atoms with Crippen LogP contribution in [0.4, 0.5) is 0 Å². The molecule has 1 aliphatic rings. The van der Waals surface area contributed by atoms with E-state index in [4.69, 9.17) is 9.47 Å². The molecule has 0 radical (unpaired) electrons. The Kier molecular flexibility index (Phi) is 8.42. The van der Waals surface area contributed by atoms with Crippen molar-refractivity contribution in [1.29, 1.82) is 0 Å². The highest BCUT2D eigenvalue weighted by Crippen LogP contribution is 2.22. The van der Waals surface area contributed by atoms with Crippen molar-refractivity contribution in [1.82, 2.24) is 10.6 Å². The number of carbonyl (C=O) groups excluding carboxylic acids is 2. The topological polar surface area (TPSA) is 137 Å². The first kappa shape index (κ1) is 19.8. The van der Waals surface area contributed by atoms with E-state index in [-0.39, 0.29) is 12.5 Å². The quantitative estimate of drug-likeness (QED) is 0.320. The average molecular weight is 334 g/mol. The minimum absolute atomic E-state index is 0.0612. The summed E-state index contributed by atoms with van der Waals surface area (Å²) >= 11 is 0. The molecule has 5 unspecified atom stereocenters. The molecular formula is C14H26N2O7. The molecular weight excluding hydrogens is 308 g/mol.